The lowest BCUT2D eigenvalue weighted by Crippen LogP contribution is -3.14. The number of amides is 1. The minimum atomic E-state index is -0.410. The highest BCUT2D eigenvalue weighted by Crippen LogP contribution is 2.26. The molecule has 0 spiro atoms. The minimum Gasteiger partial charge on any atom is -0.476 e. The summed E-state index contributed by atoms with van der Waals surface area (Å²) in [6.07, 6.45) is 1.95. The maximum atomic E-state index is 11.9. The van der Waals surface area contributed by atoms with E-state index in [2.05, 4.69) is 10.3 Å². The minimum absolute atomic E-state index is 0.0983. The second-order valence-electron chi connectivity index (χ2n) is 4.85. The van der Waals surface area contributed by atoms with Gasteiger partial charge in [0, 0.05) is 12.6 Å². The van der Waals surface area contributed by atoms with E-state index in [1.54, 1.807) is 12.3 Å². The molecule has 2 N–H and O–H groups in total. The van der Waals surface area contributed by atoms with Gasteiger partial charge in [0.1, 0.15) is 13.1 Å². The molecule has 6 nitrogen and oxygen atoms in total. The van der Waals surface area contributed by atoms with E-state index in [4.69, 9.17) is 9.47 Å². The van der Waals surface area contributed by atoms with Crippen LogP contribution in [0.4, 0.5) is 5.82 Å². The Kier molecular flexibility index (Phi) is 3.61. The van der Waals surface area contributed by atoms with E-state index >= 15 is 0 Å². The van der Waals surface area contributed by atoms with Crippen LogP contribution >= 0.6 is 0 Å². The van der Waals surface area contributed by atoms with Crippen LogP contribution in [0, 0.1) is 0 Å². The Morgan fingerprint density at radius 2 is 2.26 bits per heavy atom. The molecule has 102 valence electrons. The summed E-state index contributed by atoms with van der Waals surface area (Å²) in [4.78, 5) is 17.5. The summed E-state index contributed by atoms with van der Waals surface area (Å²) < 4.78 is 11.0. The van der Waals surface area contributed by atoms with E-state index in [1.807, 2.05) is 6.07 Å². The Hall–Kier alpha value is -1.66. The summed E-state index contributed by atoms with van der Waals surface area (Å²) in [6.45, 7) is 4.55. The first-order chi connectivity index (χ1) is 9.33. The fraction of sp³-hybridized carbons (Fsp3) is 0.538. The normalized spacial score (nSPS) is 23.4. The Labute approximate surface area is 111 Å². The molecule has 0 radical (unpaired) electrons. The van der Waals surface area contributed by atoms with Gasteiger partial charge in [-0.25, -0.2) is 4.98 Å². The van der Waals surface area contributed by atoms with Gasteiger partial charge < -0.3 is 19.7 Å². The number of pyridine rings is 1. The molecule has 1 fully saturated rings. The molecule has 0 bridgehead atoms. The molecule has 1 aromatic rings. The average Bonchev–Trinajstić information content (AvgIpc) is 2.46. The van der Waals surface area contributed by atoms with Crippen molar-refractivity contribution in [2.24, 2.45) is 0 Å². The second-order valence-corrected chi connectivity index (χ2v) is 4.85. The number of nitrogens with one attached hydrogen (secondary N) is 2. The molecule has 3 heterocycles. The van der Waals surface area contributed by atoms with Gasteiger partial charge in [-0.3, -0.25) is 4.79 Å². The molecule has 0 aliphatic carbocycles. The highest BCUT2D eigenvalue weighted by atomic mass is 16.5. The smallest absolute Gasteiger partial charge is 0.266 e. The van der Waals surface area contributed by atoms with Crippen molar-refractivity contribution in [3.8, 4) is 5.75 Å². The lowest BCUT2D eigenvalue weighted by Gasteiger charge is -2.28. The molecule has 0 saturated carbocycles. The lowest BCUT2D eigenvalue weighted by atomic mass is 10.2. The highest BCUT2D eigenvalue weighted by Gasteiger charge is 2.29. The van der Waals surface area contributed by atoms with E-state index in [0.717, 1.165) is 39.3 Å². The van der Waals surface area contributed by atoms with Crippen molar-refractivity contribution < 1.29 is 19.2 Å². The summed E-state index contributed by atoms with van der Waals surface area (Å²) in [5.74, 6) is 1.07. The van der Waals surface area contributed by atoms with Crippen molar-refractivity contribution >= 4 is 11.7 Å². The van der Waals surface area contributed by atoms with Crippen molar-refractivity contribution in [1.82, 2.24) is 4.98 Å². The van der Waals surface area contributed by atoms with Crippen molar-refractivity contribution in [3.63, 3.8) is 0 Å². The second kappa shape index (κ2) is 5.54. The molecule has 0 unspecified atom stereocenters. The number of nitrogens with zero attached hydrogens (tertiary/aromatic N) is 1. The molecule has 0 aromatic carbocycles. The number of fused-ring (bicyclic) bond motifs is 1. The number of ether oxygens (including phenoxy) is 2. The van der Waals surface area contributed by atoms with E-state index in [-0.39, 0.29) is 5.91 Å². The van der Waals surface area contributed by atoms with Gasteiger partial charge in [-0.1, -0.05) is 0 Å². The third-order valence-corrected chi connectivity index (χ3v) is 3.53. The lowest BCUT2D eigenvalue weighted by molar-refractivity contribution is -0.908. The summed E-state index contributed by atoms with van der Waals surface area (Å²) in [5, 5.41) is 2.79. The van der Waals surface area contributed by atoms with Crippen molar-refractivity contribution in [3.05, 3.63) is 18.3 Å². The monoisotopic (exact) mass is 264 g/mol. The first-order valence-electron chi connectivity index (χ1n) is 6.67. The molecular weight excluding hydrogens is 246 g/mol. The molecule has 1 atom stereocenters. The molecule has 1 amide bonds. The fourth-order valence-corrected chi connectivity index (χ4v) is 2.42. The number of hydrogen-bond acceptors (Lipinski definition) is 4. The van der Waals surface area contributed by atoms with Gasteiger partial charge >= 0.3 is 0 Å². The van der Waals surface area contributed by atoms with Gasteiger partial charge in [-0.15, -0.1) is 0 Å². The Morgan fingerprint density at radius 3 is 3.11 bits per heavy atom. The molecule has 19 heavy (non-hydrogen) atoms. The molecule has 1 aromatic heterocycles. The zero-order chi connectivity index (χ0) is 13.1. The third-order valence-electron chi connectivity index (χ3n) is 3.53. The maximum absolute atomic E-state index is 11.9. The molecule has 3 rings (SSSR count). The largest absolute Gasteiger partial charge is 0.476 e. The Bertz CT molecular complexity index is 460. The predicted octanol–water partition coefficient (Wildman–Crippen LogP) is -0.914. The molecule has 2 aliphatic heterocycles. The van der Waals surface area contributed by atoms with Crippen molar-refractivity contribution in [2.45, 2.75) is 12.5 Å². The first kappa shape index (κ1) is 12.4. The van der Waals surface area contributed by atoms with E-state index < -0.39 is 6.10 Å². The highest BCUT2D eigenvalue weighted by molar-refractivity contribution is 5.96. The van der Waals surface area contributed by atoms with Crippen LogP contribution in [-0.2, 0) is 9.53 Å². The molecule has 2 aliphatic rings. The number of morpholine rings is 1. The quantitative estimate of drug-likeness (QED) is 0.741. The first-order valence-corrected chi connectivity index (χ1v) is 6.67. The zero-order valence-electron chi connectivity index (χ0n) is 10.7. The summed E-state index contributed by atoms with van der Waals surface area (Å²) in [7, 11) is 0. The van der Waals surface area contributed by atoms with Crippen LogP contribution in [0.15, 0.2) is 18.3 Å². The van der Waals surface area contributed by atoms with E-state index in [9.17, 15) is 4.79 Å². The number of aromatic nitrogens is 1. The topological polar surface area (TPSA) is 64.9 Å². The van der Waals surface area contributed by atoms with E-state index in [0.29, 0.717) is 11.6 Å². The van der Waals surface area contributed by atoms with Gasteiger partial charge in [0.15, 0.2) is 17.7 Å². The van der Waals surface area contributed by atoms with Crippen molar-refractivity contribution in [2.75, 3.05) is 38.2 Å². The average molecular weight is 264 g/mol. The number of rotatable bonds is 3. The van der Waals surface area contributed by atoms with Crippen LogP contribution in [0.1, 0.15) is 6.42 Å². The number of quaternary nitrogens is 1. The third kappa shape index (κ3) is 2.85. The van der Waals surface area contributed by atoms with Crippen LogP contribution in [-0.4, -0.2) is 49.8 Å². The van der Waals surface area contributed by atoms with Gasteiger partial charge in [-0.05, 0) is 12.1 Å². The summed E-state index contributed by atoms with van der Waals surface area (Å²) in [6, 6.07) is 3.64. The van der Waals surface area contributed by atoms with Crippen LogP contribution in [0.3, 0.4) is 0 Å². The van der Waals surface area contributed by atoms with E-state index in [1.165, 1.54) is 4.90 Å². The van der Waals surface area contributed by atoms with Gasteiger partial charge in [-0.2, -0.15) is 0 Å². The predicted molar refractivity (Wildman–Crippen MR) is 68.3 cm³/mol. The number of carbonyl (C=O) groups is 1. The molecule has 1 saturated heterocycles. The van der Waals surface area contributed by atoms with Gasteiger partial charge in [0.25, 0.3) is 5.91 Å². The number of carbonyl (C=O) groups excluding carboxylic acids is 1. The van der Waals surface area contributed by atoms with Crippen LogP contribution in [0.25, 0.3) is 0 Å². The van der Waals surface area contributed by atoms with Crippen molar-refractivity contribution in [1.29, 1.82) is 0 Å². The summed E-state index contributed by atoms with van der Waals surface area (Å²) in [5.41, 5.74) is 0. The Balaban J connectivity index is 1.58. The van der Waals surface area contributed by atoms with Crippen LogP contribution < -0.4 is 15.0 Å². The molecule has 6 heteroatoms. The Morgan fingerprint density at radius 1 is 1.42 bits per heavy atom. The zero-order valence-corrected chi connectivity index (χ0v) is 10.7. The van der Waals surface area contributed by atoms with Gasteiger partial charge in [0.2, 0.25) is 0 Å². The standard InChI is InChI=1S/C13H17N3O3/c17-13-11(3-5-16-6-8-18-9-7-16)19-10-2-1-4-14-12(10)15-13/h1-2,4,11H,3,5-9H2,(H,14,15,17)/p+1/t11-/m1/s1. The SMILES string of the molecule is O=C1Nc2ncccc2O[C@@H]1CC[NH+]1CCOCC1. The number of hydrogen-bond donors (Lipinski definition) is 2. The summed E-state index contributed by atoms with van der Waals surface area (Å²) >= 11 is 0. The number of anilines is 1. The van der Waals surface area contributed by atoms with Crippen LogP contribution in [0.2, 0.25) is 0 Å². The van der Waals surface area contributed by atoms with Gasteiger partial charge in [0.05, 0.1) is 19.8 Å². The van der Waals surface area contributed by atoms with Crippen LogP contribution in [0.5, 0.6) is 5.75 Å². The molecular formula is C13H18N3O3+. The maximum Gasteiger partial charge on any atom is 0.266 e. The fourth-order valence-electron chi connectivity index (χ4n) is 2.42.